The molecule has 1 aliphatic heterocycles. The van der Waals surface area contributed by atoms with Gasteiger partial charge < -0.3 is 9.47 Å². The van der Waals surface area contributed by atoms with E-state index in [1.54, 1.807) is 19.1 Å². The van der Waals surface area contributed by atoms with Crippen molar-refractivity contribution in [1.29, 1.82) is 0 Å². The topological polar surface area (TPSA) is 72.9 Å². The molecule has 1 fully saturated rings. The van der Waals surface area contributed by atoms with E-state index in [-0.39, 0.29) is 23.3 Å². The molecule has 0 radical (unpaired) electrons. The lowest BCUT2D eigenvalue weighted by Gasteiger charge is -2.30. The van der Waals surface area contributed by atoms with Crippen LogP contribution >= 0.6 is 0 Å². The minimum absolute atomic E-state index is 0.174. The standard InChI is InChI=1S/C15H21NO5S/c1-3-21-15(17)12-5-4-10-16(11-12)22(18,19)14-8-6-13(20-2)7-9-14/h6-9,12H,3-5,10-11H2,1-2H3/t12-/m0/s1. The van der Waals surface area contributed by atoms with Gasteiger partial charge in [-0.05, 0) is 44.0 Å². The average Bonchev–Trinajstić information content (AvgIpc) is 2.55. The zero-order valence-corrected chi connectivity index (χ0v) is 13.6. The summed E-state index contributed by atoms with van der Waals surface area (Å²) in [6.07, 6.45) is 1.31. The molecule has 0 saturated carbocycles. The molecule has 0 aliphatic carbocycles. The predicted octanol–water partition coefficient (Wildman–Crippen LogP) is 1.66. The summed E-state index contributed by atoms with van der Waals surface area (Å²) < 4.78 is 36.7. The summed E-state index contributed by atoms with van der Waals surface area (Å²) in [6.45, 7) is 2.64. The monoisotopic (exact) mass is 327 g/mol. The maximum absolute atomic E-state index is 12.6. The fourth-order valence-electron chi connectivity index (χ4n) is 2.51. The first kappa shape index (κ1) is 16.8. The van der Waals surface area contributed by atoms with Gasteiger partial charge in [-0.25, -0.2) is 8.42 Å². The molecular weight excluding hydrogens is 306 g/mol. The molecule has 0 spiro atoms. The lowest BCUT2D eigenvalue weighted by atomic mass is 10.0. The maximum Gasteiger partial charge on any atom is 0.310 e. The molecule has 1 aromatic rings. The zero-order valence-electron chi connectivity index (χ0n) is 12.8. The van der Waals surface area contributed by atoms with Crippen molar-refractivity contribution < 1.29 is 22.7 Å². The summed E-state index contributed by atoms with van der Waals surface area (Å²) in [5.74, 6) is -0.110. The fourth-order valence-corrected chi connectivity index (χ4v) is 4.03. The SMILES string of the molecule is CCOC(=O)[C@H]1CCCN(S(=O)(=O)c2ccc(OC)cc2)C1. The average molecular weight is 327 g/mol. The van der Waals surface area contributed by atoms with Gasteiger partial charge in [0.15, 0.2) is 0 Å². The van der Waals surface area contributed by atoms with Crippen LogP contribution in [-0.2, 0) is 19.6 Å². The largest absolute Gasteiger partial charge is 0.497 e. The van der Waals surface area contributed by atoms with Crippen LogP contribution in [0.3, 0.4) is 0 Å². The summed E-state index contributed by atoms with van der Waals surface area (Å²) in [4.78, 5) is 12.0. The van der Waals surface area contributed by atoms with Gasteiger partial charge in [-0.3, -0.25) is 4.79 Å². The first-order valence-corrected chi connectivity index (χ1v) is 8.74. The van der Waals surface area contributed by atoms with Crippen molar-refractivity contribution in [3.63, 3.8) is 0 Å². The number of carbonyl (C=O) groups is 1. The van der Waals surface area contributed by atoms with Crippen LogP contribution in [0.2, 0.25) is 0 Å². The molecule has 7 heteroatoms. The van der Waals surface area contributed by atoms with E-state index in [1.165, 1.54) is 23.5 Å². The lowest BCUT2D eigenvalue weighted by Crippen LogP contribution is -2.42. The third kappa shape index (κ3) is 3.59. The Bertz CT molecular complexity index is 611. The Kier molecular flexibility index (Phi) is 5.42. The Morgan fingerprint density at radius 3 is 2.59 bits per heavy atom. The predicted molar refractivity (Wildman–Crippen MR) is 81.1 cm³/mol. The van der Waals surface area contributed by atoms with Crippen molar-refractivity contribution in [1.82, 2.24) is 4.31 Å². The van der Waals surface area contributed by atoms with E-state index < -0.39 is 10.0 Å². The van der Waals surface area contributed by atoms with Gasteiger partial charge in [0.25, 0.3) is 0 Å². The van der Waals surface area contributed by atoms with Gasteiger partial charge in [0.05, 0.1) is 24.5 Å². The van der Waals surface area contributed by atoms with Crippen LogP contribution in [0.15, 0.2) is 29.2 Å². The number of esters is 1. The Labute approximate surface area is 131 Å². The molecule has 1 heterocycles. The Balaban J connectivity index is 2.15. The molecule has 122 valence electrons. The molecular formula is C15H21NO5S. The quantitative estimate of drug-likeness (QED) is 0.769. The van der Waals surface area contributed by atoms with Crippen molar-refractivity contribution in [3.8, 4) is 5.75 Å². The third-order valence-corrected chi connectivity index (χ3v) is 5.58. The molecule has 0 unspecified atom stereocenters. The van der Waals surface area contributed by atoms with Crippen LogP contribution in [0.4, 0.5) is 0 Å². The molecule has 6 nitrogen and oxygen atoms in total. The van der Waals surface area contributed by atoms with Gasteiger partial charge in [-0.1, -0.05) is 0 Å². The molecule has 0 amide bonds. The maximum atomic E-state index is 12.6. The normalized spacial score (nSPS) is 19.6. The van der Waals surface area contributed by atoms with E-state index in [0.29, 0.717) is 31.7 Å². The second-order valence-electron chi connectivity index (χ2n) is 5.13. The van der Waals surface area contributed by atoms with Crippen molar-refractivity contribution >= 4 is 16.0 Å². The second-order valence-corrected chi connectivity index (χ2v) is 7.07. The number of ether oxygens (including phenoxy) is 2. The van der Waals surface area contributed by atoms with Crippen LogP contribution < -0.4 is 4.74 Å². The highest BCUT2D eigenvalue weighted by atomic mass is 32.2. The van der Waals surface area contributed by atoms with Gasteiger partial charge in [-0.2, -0.15) is 4.31 Å². The smallest absolute Gasteiger partial charge is 0.310 e. The number of sulfonamides is 1. The second kappa shape index (κ2) is 7.11. The third-order valence-electron chi connectivity index (χ3n) is 3.70. The van der Waals surface area contributed by atoms with E-state index in [9.17, 15) is 13.2 Å². The first-order valence-electron chi connectivity index (χ1n) is 7.30. The molecule has 22 heavy (non-hydrogen) atoms. The molecule has 0 bridgehead atoms. The molecule has 0 N–H and O–H groups in total. The Morgan fingerprint density at radius 1 is 1.32 bits per heavy atom. The first-order chi connectivity index (χ1) is 10.5. The summed E-state index contributed by atoms with van der Waals surface area (Å²) in [5, 5.41) is 0. The molecule has 1 aromatic carbocycles. The number of hydrogen-bond donors (Lipinski definition) is 0. The van der Waals surface area contributed by atoms with Crippen LogP contribution in [0, 0.1) is 5.92 Å². The number of hydrogen-bond acceptors (Lipinski definition) is 5. The minimum atomic E-state index is -3.60. The molecule has 0 aromatic heterocycles. The Morgan fingerprint density at radius 2 is 2.00 bits per heavy atom. The lowest BCUT2D eigenvalue weighted by molar-refractivity contribution is -0.149. The van der Waals surface area contributed by atoms with Crippen molar-refractivity contribution in [2.24, 2.45) is 5.92 Å². The number of rotatable bonds is 5. The summed E-state index contributed by atoms with van der Waals surface area (Å²) >= 11 is 0. The minimum Gasteiger partial charge on any atom is -0.497 e. The van der Waals surface area contributed by atoms with Gasteiger partial charge in [0.1, 0.15) is 5.75 Å². The van der Waals surface area contributed by atoms with Gasteiger partial charge >= 0.3 is 5.97 Å². The number of methoxy groups -OCH3 is 1. The van der Waals surface area contributed by atoms with E-state index in [1.807, 2.05) is 0 Å². The highest BCUT2D eigenvalue weighted by Gasteiger charge is 2.33. The van der Waals surface area contributed by atoms with Gasteiger partial charge in [0, 0.05) is 13.1 Å². The molecule has 1 atom stereocenters. The van der Waals surface area contributed by atoms with Gasteiger partial charge in [-0.15, -0.1) is 0 Å². The van der Waals surface area contributed by atoms with Crippen LogP contribution in [-0.4, -0.2) is 45.5 Å². The molecule has 1 aliphatic rings. The van der Waals surface area contributed by atoms with Crippen LogP contribution in [0.25, 0.3) is 0 Å². The highest BCUT2D eigenvalue weighted by molar-refractivity contribution is 7.89. The Hall–Kier alpha value is -1.60. The van der Waals surface area contributed by atoms with Crippen molar-refractivity contribution in [2.75, 3.05) is 26.8 Å². The van der Waals surface area contributed by atoms with E-state index in [0.717, 1.165) is 0 Å². The van der Waals surface area contributed by atoms with E-state index in [2.05, 4.69) is 0 Å². The van der Waals surface area contributed by atoms with Crippen molar-refractivity contribution in [2.45, 2.75) is 24.7 Å². The zero-order chi connectivity index (χ0) is 16.2. The van der Waals surface area contributed by atoms with Gasteiger partial charge in [0.2, 0.25) is 10.0 Å². The number of benzene rings is 1. The van der Waals surface area contributed by atoms with E-state index >= 15 is 0 Å². The number of piperidine rings is 1. The highest BCUT2D eigenvalue weighted by Crippen LogP contribution is 2.25. The summed E-state index contributed by atoms with van der Waals surface area (Å²) in [6, 6.07) is 6.25. The number of carbonyl (C=O) groups excluding carboxylic acids is 1. The van der Waals surface area contributed by atoms with Crippen LogP contribution in [0.1, 0.15) is 19.8 Å². The number of nitrogens with zero attached hydrogens (tertiary/aromatic N) is 1. The van der Waals surface area contributed by atoms with Crippen LogP contribution in [0.5, 0.6) is 5.75 Å². The fraction of sp³-hybridized carbons (Fsp3) is 0.533. The molecule has 2 rings (SSSR count). The van der Waals surface area contributed by atoms with E-state index in [4.69, 9.17) is 9.47 Å². The summed E-state index contributed by atoms with van der Waals surface area (Å²) in [7, 11) is -2.07. The molecule has 1 saturated heterocycles. The van der Waals surface area contributed by atoms with Crippen molar-refractivity contribution in [3.05, 3.63) is 24.3 Å². The summed E-state index contributed by atoms with van der Waals surface area (Å²) in [5.41, 5.74) is 0.